The number of rotatable bonds is 5. The van der Waals surface area contributed by atoms with Crippen molar-refractivity contribution in [2.75, 3.05) is 0 Å². The van der Waals surface area contributed by atoms with E-state index in [1.807, 2.05) is 31.2 Å². The fraction of sp³-hybridized carbons (Fsp3) is 0.562. The van der Waals surface area contributed by atoms with E-state index in [0.29, 0.717) is 0 Å². The lowest BCUT2D eigenvalue weighted by atomic mass is 9.66. The second-order valence-corrected chi connectivity index (χ2v) is 6.66. The van der Waals surface area contributed by atoms with Crippen molar-refractivity contribution in [3.8, 4) is 0 Å². The lowest BCUT2D eigenvalue weighted by molar-refractivity contribution is -0.137. The molecule has 1 fully saturated rings. The van der Waals surface area contributed by atoms with Crippen molar-refractivity contribution in [1.29, 1.82) is 0 Å². The molecule has 2 rings (SSSR count). The quantitative estimate of drug-likeness (QED) is 0.861. The van der Waals surface area contributed by atoms with Gasteiger partial charge in [0.15, 0.2) is 0 Å². The van der Waals surface area contributed by atoms with Gasteiger partial charge in [-0.25, -0.2) is 0 Å². The highest BCUT2D eigenvalue weighted by Gasteiger charge is 2.42. The topological polar surface area (TPSA) is 49.3 Å². The molecule has 3 nitrogen and oxygen atoms in total. The van der Waals surface area contributed by atoms with E-state index in [0.717, 1.165) is 35.7 Å². The van der Waals surface area contributed by atoms with E-state index in [2.05, 4.69) is 28.2 Å². The predicted molar refractivity (Wildman–Crippen MR) is 83.3 cm³/mol. The summed E-state index contributed by atoms with van der Waals surface area (Å²) in [6.07, 6.45) is 3.26. The Balaban J connectivity index is 1.99. The Hall–Kier alpha value is -0.870. The molecule has 110 valence electrons. The van der Waals surface area contributed by atoms with Crippen LogP contribution in [0.3, 0.4) is 0 Å². The molecule has 0 radical (unpaired) electrons. The smallest absolute Gasteiger partial charge is 0.226 e. The zero-order valence-electron chi connectivity index (χ0n) is 12.0. The van der Waals surface area contributed by atoms with Crippen LogP contribution in [-0.2, 0) is 4.79 Å². The molecule has 4 heteroatoms. The van der Waals surface area contributed by atoms with Gasteiger partial charge in [-0.2, -0.15) is 0 Å². The summed E-state index contributed by atoms with van der Waals surface area (Å²) >= 11 is 3.37. The number of halogens is 1. The van der Waals surface area contributed by atoms with Gasteiger partial charge in [-0.3, -0.25) is 4.79 Å². The van der Waals surface area contributed by atoms with E-state index in [1.54, 1.807) is 0 Å². The number of aliphatic hydroxyl groups excluding tert-OH is 1. The van der Waals surface area contributed by atoms with Crippen molar-refractivity contribution in [3.63, 3.8) is 0 Å². The summed E-state index contributed by atoms with van der Waals surface area (Å²) in [7, 11) is 0. The first-order valence-corrected chi connectivity index (χ1v) is 8.02. The Bertz CT molecular complexity index is 462. The molecule has 2 unspecified atom stereocenters. The highest BCUT2D eigenvalue weighted by Crippen LogP contribution is 2.44. The van der Waals surface area contributed by atoms with Gasteiger partial charge in [-0.15, -0.1) is 0 Å². The molecule has 0 saturated heterocycles. The maximum absolute atomic E-state index is 12.3. The molecule has 2 N–H and O–H groups in total. The summed E-state index contributed by atoms with van der Waals surface area (Å²) in [4.78, 5) is 12.3. The van der Waals surface area contributed by atoms with E-state index in [-0.39, 0.29) is 17.4 Å². The molecule has 1 aromatic carbocycles. The summed E-state index contributed by atoms with van der Waals surface area (Å²) in [5.41, 5.74) is 0.633. The van der Waals surface area contributed by atoms with Gasteiger partial charge >= 0.3 is 0 Å². The van der Waals surface area contributed by atoms with Gasteiger partial charge in [0.05, 0.1) is 12.1 Å². The molecular weight excluding hydrogens is 318 g/mol. The summed E-state index contributed by atoms with van der Waals surface area (Å²) < 4.78 is 0.976. The molecule has 0 spiro atoms. The van der Waals surface area contributed by atoms with Gasteiger partial charge < -0.3 is 10.4 Å². The molecule has 0 heterocycles. The zero-order valence-corrected chi connectivity index (χ0v) is 13.6. The van der Waals surface area contributed by atoms with Crippen molar-refractivity contribution in [3.05, 3.63) is 34.3 Å². The minimum Gasteiger partial charge on any atom is -0.386 e. The maximum atomic E-state index is 12.3. The number of nitrogens with one attached hydrogen (secondary N) is 1. The first-order chi connectivity index (χ1) is 9.48. The van der Waals surface area contributed by atoms with Gasteiger partial charge in [-0.05, 0) is 43.9 Å². The molecule has 1 aliphatic rings. The Labute approximate surface area is 128 Å². The highest BCUT2D eigenvalue weighted by atomic mass is 79.9. The monoisotopic (exact) mass is 339 g/mol. The van der Waals surface area contributed by atoms with Crippen molar-refractivity contribution in [1.82, 2.24) is 5.32 Å². The van der Waals surface area contributed by atoms with Crippen molar-refractivity contribution in [2.24, 2.45) is 5.41 Å². The fourth-order valence-electron chi connectivity index (χ4n) is 2.73. The van der Waals surface area contributed by atoms with Gasteiger partial charge in [0.25, 0.3) is 0 Å². The Kier molecular flexibility index (Phi) is 4.86. The lowest BCUT2D eigenvalue weighted by Gasteiger charge is -2.40. The summed E-state index contributed by atoms with van der Waals surface area (Å²) in [5, 5.41) is 13.3. The Morgan fingerprint density at radius 3 is 2.45 bits per heavy atom. The predicted octanol–water partition coefficient (Wildman–Crippen LogP) is 3.57. The third-order valence-corrected chi connectivity index (χ3v) is 5.04. The molecule has 0 bridgehead atoms. The number of hydrogen-bond acceptors (Lipinski definition) is 2. The number of amides is 1. The highest BCUT2D eigenvalue weighted by molar-refractivity contribution is 9.10. The first-order valence-electron chi connectivity index (χ1n) is 7.23. The summed E-state index contributed by atoms with van der Waals surface area (Å²) in [6, 6.07) is 7.25. The van der Waals surface area contributed by atoms with E-state index < -0.39 is 6.10 Å². The van der Waals surface area contributed by atoms with Crippen molar-refractivity contribution < 1.29 is 9.90 Å². The average molecular weight is 340 g/mol. The van der Waals surface area contributed by atoms with Gasteiger partial charge in [0.2, 0.25) is 5.91 Å². The standard InChI is InChI=1S/C16H22BrNO2/c1-3-16(9-4-10-16)15(20)18-11(2)14(19)12-5-7-13(17)8-6-12/h5-8,11,14,19H,3-4,9-10H2,1-2H3,(H,18,20). The largest absolute Gasteiger partial charge is 0.386 e. The lowest BCUT2D eigenvalue weighted by Crippen LogP contribution is -2.49. The molecule has 1 aliphatic carbocycles. The number of carbonyl (C=O) groups is 1. The van der Waals surface area contributed by atoms with Crippen LogP contribution in [0.1, 0.15) is 51.2 Å². The fourth-order valence-corrected chi connectivity index (χ4v) is 3.00. The second-order valence-electron chi connectivity index (χ2n) is 5.75. The third kappa shape index (κ3) is 3.07. The first kappa shape index (κ1) is 15.5. The van der Waals surface area contributed by atoms with Crippen LogP contribution in [0.15, 0.2) is 28.7 Å². The van der Waals surface area contributed by atoms with E-state index in [9.17, 15) is 9.90 Å². The van der Waals surface area contributed by atoms with Crippen LogP contribution in [0.5, 0.6) is 0 Å². The van der Waals surface area contributed by atoms with Crippen LogP contribution < -0.4 is 5.32 Å². The molecule has 1 amide bonds. The van der Waals surface area contributed by atoms with Gasteiger partial charge in [-0.1, -0.05) is 41.4 Å². The molecule has 0 aromatic heterocycles. The van der Waals surface area contributed by atoms with Gasteiger partial charge in [0, 0.05) is 9.89 Å². The molecule has 20 heavy (non-hydrogen) atoms. The molecular formula is C16H22BrNO2. The number of aliphatic hydroxyl groups is 1. The molecule has 0 aliphatic heterocycles. The Morgan fingerprint density at radius 1 is 1.40 bits per heavy atom. The van der Waals surface area contributed by atoms with E-state index in [1.165, 1.54) is 0 Å². The van der Waals surface area contributed by atoms with Crippen LogP contribution in [0.2, 0.25) is 0 Å². The van der Waals surface area contributed by atoms with Crippen LogP contribution in [0, 0.1) is 5.41 Å². The van der Waals surface area contributed by atoms with Crippen LogP contribution in [0.25, 0.3) is 0 Å². The minimum absolute atomic E-state index is 0.0925. The van der Waals surface area contributed by atoms with Crippen LogP contribution in [0.4, 0.5) is 0 Å². The molecule has 1 saturated carbocycles. The Morgan fingerprint density at radius 2 is 2.00 bits per heavy atom. The normalized spacial score (nSPS) is 19.8. The van der Waals surface area contributed by atoms with Gasteiger partial charge in [0.1, 0.15) is 0 Å². The number of hydrogen-bond donors (Lipinski definition) is 2. The number of carbonyl (C=O) groups excluding carboxylic acids is 1. The molecule has 2 atom stereocenters. The summed E-state index contributed by atoms with van der Waals surface area (Å²) in [6.45, 7) is 3.92. The second kappa shape index (κ2) is 6.27. The molecule has 1 aromatic rings. The summed E-state index contributed by atoms with van der Waals surface area (Å²) in [5.74, 6) is 0.0925. The van der Waals surface area contributed by atoms with Crippen LogP contribution in [-0.4, -0.2) is 17.1 Å². The minimum atomic E-state index is -0.680. The van der Waals surface area contributed by atoms with Crippen molar-refractivity contribution in [2.45, 2.75) is 51.7 Å². The third-order valence-electron chi connectivity index (χ3n) is 4.51. The SMILES string of the molecule is CCC1(C(=O)NC(C)C(O)c2ccc(Br)cc2)CCC1. The maximum Gasteiger partial charge on any atom is 0.226 e. The van der Waals surface area contributed by atoms with Crippen molar-refractivity contribution >= 4 is 21.8 Å². The van der Waals surface area contributed by atoms with E-state index in [4.69, 9.17) is 0 Å². The average Bonchev–Trinajstić information content (AvgIpc) is 2.38. The van der Waals surface area contributed by atoms with E-state index >= 15 is 0 Å². The van der Waals surface area contributed by atoms with Crippen LogP contribution >= 0.6 is 15.9 Å². The number of benzene rings is 1. The zero-order chi connectivity index (χ0) is 14.8.